The molecule has 0 aliphatic carbocycles. The van der Waals surface area contributed by atoms with E-state index in [-0.39, 0.29) is 17.4 Å². The molecule has 122 valence electrons. The Morgan fingerprint density at radius 2 is 2.22 bits per heavy atom. The van der Waals surface area contributed by atoms with Crippen molar-refractivity contribution in [3.05, 3.63) is 46.2 Å². The predicted octanol–water partition coefficient (Wildman–Crippen LogP) is 3.05. The number of nitrogens with zero attached hydrogens (tertiary/aromatic N) is 3. The highest BCUT2D eigenvalue weighted by atomic mass is 32.1. The lowest BCUT2D eigenvalue weighted by atomic mass is 9.93. The largest absolute Gasteiger partial charge is 0.367 e. The van der Waals surface area contributed by atoms with Gasteiger partial charge >= 0.3 is 0 Å². The number of aromatic nitrogens is 2. The van der Waals surface area contributed by atoms with Gasteiger partial charge in [-0.15, -0.1) is 11.3 Å². The van der Waals surface area contributed by atoms with Gasteiger partial charge in [0.15, 0.2) is 0 Å². The van der Waals surface area contributed by atoms with E-state index in [0.29, 0.717) is 25.4 Å². The predicted molar refractivity (Wildman–Crippen MR) is 89.6 cm³/mol. The molecule has 1 saturated heterocycles. The first-order chi connectivity index (χ1) is 10.9. The van der Waals surface area contributed by atoms with E-state index in [1.165, 1.54) is 0 Å². The summed E-state index contributed by atoms with van der Waals surface area (Å²) in [5.74, 6) is -0.0495. The molecule has 1 atom stereocenters. The molecule has 0 aromatic carbocycles. The molecule has 6 heteroatoms. The number of carbonyl (C=O) groups is 1. The number of rotatable bonds is 2. The zero-order chi connectivity index (χ0) is 16.4. The van der Waals surface area contributed by atoms with Gasteiger partial charge in [0.25, 0.3) is 5.91 Å². The SMILES string of the molecule is CC(C)(C)c1csc(C2CN(C(=O)c3ccccn3)CCO2)n1. The third kappa shape index (κ3) is 3.59. The minimum Gasteiger partial charge on any atom is -0.367 e. The van der Waals surface area contributed by atoms with Crippen molar-refractivity contribution in [1.29, 1.82) is 0 Å². The average molecular weight is 331 g/mol. The van der Waals surface area contributed by atoms with Crippen LogP contribution in [-0.4, -0.2) is 40.5 Å². The Hall–Kier alpha value is -1.79. The molecule has 2 aromatic heterocycles. The van der Waals surface area contributed by atoms with Crippen molar-refractivity contribution in [3.8, 4) is 0 Å². The second-order valence-electron chi connectivity index (χ2n) is 6.65. The van der Waals surface area contributed by atoms with Gasteiger partial charge in [-0.25, -0.2) is 4.98 Å². The zero-order valence-corrected chi connectivity index (χ0v) is 14.5. The minimum atomic E-state index is -0.155. The summed E-state index contributed by atoms with van der Waals surface area (Å²) < 4.78 is 5.84. The molecule has 2 aromatic rings. The number of carbonyl (C=O) groups excluding carboxylic acids is 1. The van der Waals surface area contributed by atoms with Crippen LogP contribution in [0, 0.1) is 0 Å². The van der Waals surface area contributed by atoms with Crippen LogP contribution in [0.1, 0.15) is 48.1 Å². The maximum Gasteiger partial charge on any atom is 0.272 e. The highest BCUT2D eigenvalue weighted by Crippen LogP contribution is 2.30. The van der Waals surface area contributed by atoms with Crippen molar-refractivity contribution in [2.24, 2.45) is 0 Å². The molecule has 0 N–H and O–H groups in total. The lowest BCUT2D eigenvalue weighted by Crippen LogP contribution is -2.42. The maximum atomic E-state index is 12.5. The van der Waals surface area contributed by atoms with Gasteiger partial charge in [0, 0.05) is 23.5 Å². The summed E-state index contributed by atoms with van der Waals surface area (Å²) in [5.41, 5.74) is 1.56. The molecule has 0 bridgehead atoms. The molecule has 1 amide bonds. The number of morpholine rings is 1. The fraction of sp³-hybridized carbons (Fsp3) is 0.471. The van der Waals surface area contributed by atoms with Crippen LogP contribution in [-0.2, 0) is 10.2 Å². The summed E-state index contributed by atoms with van der Waals surface area (Å²) in [4.78, 5) is 23.2. The molecule has 1 aliphatic heterocycles. The minimum absolute atomic E-state index is 0.0207. The van der Waals surface area contributed by atoms with Gasteiger partial charge in [0.2, 0.25) is 0 Å². The van der Waals surface area contributed by atoms with Crippen molar-refractivity contribution in [3.63, 3.8) is 0 Å². The molecule has 0 saturated carbocycles. The lowest BCUT2D eigenvalue weighted by Gasteiger charge is -2.31. The summed E-state index contributed by atoms with van der Waals surface area (Å²) in [6, 6.07) is 5.38. The van der Waals surface area contributed by atoms with E-state index >= 15 is 0 Å². The van der Waals surface area contributed by atoms with Crippen molar-refractivity contribution in [1.82, 2.24) is 14.9 Å². The van der Waals surface area contributed by atoms with Crippen LogP contribution in [0.15, 0.2) is 29.8 Å². The number of pyridine rings is 1. The summed E-state index contributed by atoms with van der Waals surface area (Å²) >= 11 is 1.60. The molecular weight excluding hydrogens is 310 g/mol. The normalized spacial score (nSPS) is 18.9. The van der Waals surface area contributed by atoms with Gasteiger partial charge in [-0.2, -0.15) is 0 Å². The molecule has 0 radical (unpaired) electrons. The molecule has 1 unspecified atom stereocenters. The Balaban J connectivity index is 1.73. The highest BCUT2D eigenvalue weighted by Gasteiger charge is 2.29. The monoisotopic (exact) mass is 331 g/mol. The van der Waals surface area contributed by atoms with E-state index in [2.05, 4.69) is 31.1 Å². The molecule has 1 fully saturated rings. The van der Waals surface area contributed by atoms with Crippen molar-refractivity contribution >= 4 is 17.2 Å². The Morgan fingerprint density at radius 1 is 1.39 bits per heavy atom. The van der Waals surface area contributed by atoms with Crippen LogP contribution in [0.3, 0.4) is 0 Å². The molecule has 3 rings (SSSR count). The quantitative estimate of drug-likeness (QED) is 0.849. The second kappa shape index (κ2) is 6.37. The number of amides is 1. The topological polar surface area (TPSA) is 55.3 Å². The van der Waals surface area contributed by atoms with Crippen molar-refractivity contribution < 1.29 is 9.53 Å². The van der Waals surface area contributed by atoms with Crippen molar-refractivity contribution in [2.45, 2.75) is 32.3 Å². The van der Waals surface area contributed by atoms with Crippen LogP contribution < -0.4 is 0 Å². The Kier molecular flexibility index (Phi) is 4.46. The number of ether oxygens (including phenoxy) is 1. The first-order valence-electron chi connectivity index (χ1n) is 7.73. The number of hydrogen-bond acceptors (Lipinski definition) is 5. The molecule has 0 spiro atoms. The molecular formula is C17H21N3O2S. The fourth-order valence-electron chi connectivity index (χ4n) is 2.41. The van der Waals surface area contributed by atoms with E-state index in [0.717, 1.165) is 10.7 Å². The molecule has 3 heterocycles. The van der Waals surface area contributed by atoms with Crippen LogP contribution in [0.25, 0.3) is 0 Å². The second-order valence-corrected chi connectivity index (χ2v) is 7.54. The van der Waals surface area contributed by atoms with E-state index in [1.54, 1.807) is 28.5 Å². The van der Waals surface area contributed by atoms with Gasteiger partial charge in [-0.1, -0.05) is 26.8 Å². The van der Waals surface area contributed by atoms with Gasteiger partial charge in [0.05, 0.1) is 18.8 Å². The van der Waals surface area contributed by atoms with E-state index in [9.17, 15) is 4.79 Å². The highest BCUT2D eigenvalue weighted by molar-refractivity contribution is 7.09. The summed E-state index contributed by atoms with van der Waals surface area (Å²) in [6.45, 7) is 8.06. The van der Waals surface area contributed by atoms with Gasteiger partial charge in [-0.05, 0) is 12.1 Å². The molecule has 23 heavy (non-hydrogen) atoms. The van der Waals surface area contributed by atoms with E-state index in [4.69, 9.17) is 9.72 Å². The zero-order valence-electron chi connectivity index (χ0n) is 13.7. The average Bonchev–Trinajstić information content (AvgIpc) is 3.05. The molecule has 1 aliphatic rings. The maximum absolute atomic E-state index is 12.5. The van der Waals surface area contributed by atoms with E-state index < -0.39 is 0 Å². The van der Waals surface area contributed by atoms with Crippen LogP contribution >= 0.6 is 11.3 Å². The summed E-state index contributed by atoms with van der Waals surface area (Å²) in [5, 5.41) is 3.02. The first kappa shape index (κ1) is 16.1. The van der Waals surface area contributed by atoms with Gasteiger partial charge in [-0.3, -0.25) is 9.78 Å². The number of thiazole rings is 1. The third-order valence-corrected chi connectivity index (χ3v) is 4.74. The fourth-order valence-corrected chi connectivity index (χ4v) is 3.50. The molecule has 5 nitrogen and oxygen atoms in total. The summed E-state index contributed by atoms with van der Waals surface area (Å²) in [7, 11) is 0. The lowest BCUT2D eigenvalue weighted by molar-refractivity contribution is -0.0231. The van der Waals surface area contributed by atoms with Gasteiger partial charge in [0.1, 0.15) is 16.8 Å². The van der Waals surface area contributed by atoms with Crippen molar-refractivity contribution in [2.75, 3.05) is 19.7 Å². The summed E-state index contributed by atoms with van der Waals surface area (Å²) in [6.07, 6.45) is 1.49. The van der Waals surface area contributed by atoms with E-state index in [1.807, 2.05) is 12.1 Å². The Labute approximate surface area is 140 Å². The first-order valence-corrected chi connectivity index (χ1v) is 8.61. The third-order valence-electron chi connectivity index (χ3n) is 3.80. The standard InChI is InChI=1S/C17H21N3O2S/c1-17(2,3)14-11-23-15(19-14)13-10-20(8-9-22-13)16(21)12-6-4-5-7-18-12/h4-7,11,13H,8-10H2,1-3H3. The van der Waals surface area contributed by atoms with Crippen LogP contribution in [0.4, 0.5) is 0 Å². The Morgan fingerprint density at radius 3 is 2.87 bits per heavy atom. The Bertz CT molecular complexity index is 679. The van der Waals surface area contributed by atoms with Crippen LogP contribution in [0.5, 0.6) is 0 Å². The van der Waals surface area contributed by atoms with Crippen LogP contribution in [0.2, 0.25) is 0 Å². The number of hydrogen-bond donors (Lipinski definition) is 0. The van der Waals surface area contributed by atoms with Gasteiger partial charge < -0.3 is 9.64 Å². The smallest absolute Gasteiger partial charge is 0.272 e.